The summed E-state index contributed by atoms with van der Waals surface area (Å²) >= 11 is 0. The fraction of sp³-hybridized carbons (Fsp3) is 0.611. The van der Waals surface area contributed by atoms with Gasteiger partial charge >= 0.3 is 0 Å². The quantitative estimate of drug-likeness (QED) is 0.816. The molecule has 3 nitrogen and oxygen atoms in total. The molecule has 0 unspecified atom stereocenters. The second-order valence-corrected chi connectivity index (χ2v) is 6.61. The molecule has 0 aliphatic carbocycles. The average molecular weight is 291 g/mol. The summed E-state index contributed by atoms with van der Waals surface area (Å²) in [6.45, 7) is 12.0. The molecule has 1 aromatic rings. The van der Waals surface area contributed by atoms with Gasteiger partial charge in [0.2, 0.25) is 0 Å². The van der Waals surface area contributed by atoms with Gasteiger partial charge in [0.15, 0.2) is 0 Å². The van der Waals surface area contributed by atoms with Crippen LogP contribution in [-0.4, -0.2) is 29.0 Å². The van der Waals surface area contributed by atoms with Gasteiger partial charge in [0, 0.05) is 24.2 Å². The topological polar surface area (TPSA) is 40.5 Å². The van der Waals surface area contributed by atoms with Crippen LogP contribution in [0.2, 0.25) is 0 Å². The average Bonchev–Trinajstić information content (AvgIpc) is 2.40. The van der Waals surface area contributed by atoms with Crippen LogP contribution in [0, 0.1) is 18.8 Å². The monoisotopic (exact) mass is 291 g/mol. The van der Waals surface area contributed by atoms with Crippen molar-refractivity contribution >= 4 is 5.91 Å². The van der Waals surface area contributed by atoms with Gasteiger partial charge in [0.25, 0.3) is 5.91 Å². The van der Waals surface area contributed by atoms with E-state index in [0.29, 0.717) is 23.0 Å². The highest BCUT2D eigenvalue weighted by atomic mass is 16.3. The number of phenols is 1. The van der Waals surface area contributed by atoms with E-state index in [1.807, 2.05) is 4.90 Å². The minimum absolute atomic E-state index is 0.0321. The third-order valence-corrected chi connectivity index (χ3v) is 3.78. The van der Waals surface area contributed by atoms with Crippen molar-refractivity contribution in [3.05, 3.63) is 29.3 Å². The Balaban J connectivity index is 2.89. The molecule has 0 saturated heterocycles. The van der Waals surface area contributed by atoms with E-state index in [4.69, 9.17) is 0 Å². The highest BCUT2D eigenvalue weighted by Crippen LogP contribution is 2.21. The van der Waals surface area contributed by atoms with E-state index >= 15 is 0 Å². The molecule has 0 radical (unpaired) electrons. The van der Waals surface area contributed by atoms with Crippen molar-refractivity contribution in [1.29, 1.82) is 0 Å². The van der Waals surface area contributed by atoms with Gasteiger partial charge in [0.05, 0.1) is 0 Å². The fourth-order valence-electron chi connectivity index (χ4n) is 2.17. The van der Waals surface area contributed by atoms with Crippen molar-refractivity contribution < 1.29 is 9.90 Å². The number of phenolic OH excluding ortho intramolecular Hbond substituents is 1. The summed E-state index contributed by atoms with van der Waals surface area (Å²) in [6, 6.07) is 5.16. The molecule has 0 atom stereocenters. The Kier molecular flexibility index (Phi) is 6.73. The molecule has 1 amide bonds. The molecule has 1 aromatic carbocycles. The first-order valence-corrected chi connectivity index (χ1v) is 7.90. The molecule has 21 heavy (non-hydrogen) atoms. The van der Waals surface area contributed by atoms with E-state index in [-0.39, 0.29) is 11.7 Å². The molecule has 0 heterocycles. The number of rotatable bonds is 7. The SMILES string of the molecule is Cc1c(O)cccc1C(=O)N(CCC(C)C)CCC(C)C. The van der Waals surface area contributed by atoms with Gasteiger partial charge < -0.3 is 10.0 Å². The number of hydrogen-bond donors (Lipinski definition) is 1. The molecule has 1 rings (SSSR count). The summed E-state index contributed by atoms with van der Waals surface area (Å²) in [5.74, 6) is 1.37. The molecule has 0 saturated carbocycles. The molecule has 118 valence electrons. The summed E-state index contributed by atoms with van der Waals surface area (Å²) in [7, 11) is 0. The number of aromatic hydroxyl groups is 1. The molecular weight excluding hydrogens is 262 g/mol. The molecule has 0 spiro atoms. The predicted octanol–water partition coefficient (Wildman–Crippen LogP) is 4.24. The molecule has 0 bridgehead atoms. The number of benzene rings is 1. The first-order chi connectivity index (χ1) is 9.82. The maximum atomic E-state index is 12.8. The maximum absolute atomic E-state index is 12.8. The Morgan fingerprint density at radius 3 is 2.10 bits per heavy atom. The molecule has 0 fully saturated rings. The number of hydrogen-bond acceptors (Lipinski definition) is 2. The minimum atomic E-state index is 0.0321. The lowest BCUT2D eigenvalue weighted by molar-refractivity contribution is 0.0739. The highest BCUT2D eigenvalue weighted by molar-refractivity contribution is 5.96. The third-order valence-electron chi connectivity index (χ3n) is 3.78. The number of carbonyl (C=O) groups is 1. The lowest BCUT2D eigenvalue weighted by Gasteiger charge is -2.25. The van der Waals surface area contributed by atoms with Gasteiger partial charge in [-0.25, -0.2) is 0 Å². The standard InChI is InChI=1S/C18H29NO2/c1-13(2)9-11-19(12-10-14(3)4)18(21)16-7-6-8-17(20)15(16)5/h6-8,13-14,20H,9-12H2,1-5H3. The summed E-state index contributed by atoms with van der Waals surface area (Å²) in [4.78, 5) is 14.7. The largest absolute Gasteiger partial charge is 0.508 e. The van der Waals surface area contributed by atoms with Gasteiger partial charge in [-0.05, 0) is 43.7 Å². The van der Waals surface area contributed by atoms with Crippen molar-refractivity contribution in [3.63, 3.8) is 0 Å². The van der Waals surface area contributed by atoms with Gasteiger partial charge in [0.1, 0.15) is 5.75 Å². The Bertz CT molecular complexity index is 454. The zero-order valence-electron chi connectivity index (χ0n) is 14.0. The zero-order valence-corrected chi connectivity index (χ0v) is 14.0. The van der Waals surface area contributed by atoms with E-state index in [9.17, 15) is 9.90 Å². The van der Waals surface area contributed by atoms with Crippen LogP contribution in [0.3, 0.4) is 0 Å². The van der Waals surface area contributed by atoms with E-state index in [0.717, 1.165) is 25.9 Å². The van der Waals surface area contributed by atoms with Crippen LogP contribution in [-0.2, 0) is 0 Å². The lowest BCUT2D eigenvalue weighted by atomic mass is 10.0. The first kappa shape index (κ1) is 17.5. The van der Waals surface area contributed by atoms with Gasteiger partial charge in [-0.2, -0.15) is 0 Å². The smallest absolute Gasteiger partial charge is 0.254 e. The van der Waals surface area contributed by atoms with Crippen LogP contribution in [0.25, 0.3) is 0 Å². The van der Waals surface area contributed by atoms with Gasteiger partial charge in [-0.15, -0.1) is 0 Å². The number of carbonyl (C=O) groups excluding carboxylic acids is 1. The van der Waals surface area contributed by atoms with Crippen molar-refractivity contribution in [3.8, 4) is 5.75 Å². The molecule has 0 aliphatic heterocycles. The van der Waals surface area contributed by atoms with E-state index in [2.05, 4.69) is 27.7 Å². The summed E-state index contributed by atoms with van der Waals surface area (Å²) in [5, 5.41) is 9.80. The first-order valence-electron chi connectivity index (χ1n) is 7.90. The highest BCUT2D eigenvalue weighted by Gasteiger charge is 2.19. The Morgan fingerprint density at radius 1 is 1.10 bits per heavy atom. The number of amides is 1. The second-order valence-electron chi connectivity index (χ2n) is 6.61. The second kappa shape index (κ2) is 8.06. The minimum Gasteiger partial charge on any atom is -0.508 e. The predicted molar refractivity (Wildman–Crippen MR) is 87.7 cm³/mol. The van der Waals surface area contributed by atoms with E-state index < -0.39 is 0 Å². The molecule has 1 N–H and O–H groups in total. The fourth-order valence-corrected chi connectivity index (χ4v) is 2.17. The third kappa shape index (κ3) is 5.41. The van der Waals surface area contributed by atoms with Crippen molar-refractivity contribution in [2.24, 2.45) is 11.8 Å². The van der Waals surface area contributed by atoms with Crippen molar-refractivity contribution in [1.82, 2.24) is 4.90 Å². The Labute approximate surface area is 129 Å². The Hall–Kier alpha value is -1.51. The normalized spacial score (nSPS) is 11.2. The van der Waals surface area contributed by atoms with E-state index in [1.54, 1.807) is 25.1 Å². The summed E-state index contributed by atoms with van der Waals surface area (Å²) in [5.41, 5.74) is 1.28. The Morgan fingerprint density at radius 2 is 1.62 bits per heavy atom. The number of nitrogens with zero attached hydrogens (tertiary/aromatic N) is 1. The van der Waals surface area contributed by atoms with Gasteiger partial charge in [-0.1, -0.05) is 33.8 Å². The van der Waals surface area contributed by atoms with Crippen LogP contribution < -0.4 is 0 Å². The van der Waals surface area contributed by atoms with Crippen LogP contribution >= 0.6 is 0 Å². The molecule has 3 heteroatoms. The van der Waals surface area contributed by atoms with Crippen LogP contribution in [0.5, 0.6) is 5.75 Å². The van der Waals surface area contributed by atoms with Crippen LogP contribution in [0.1, 0.15) is 56.5 Å². The summed E-state index contributed by atoms with van der Waals surface area (Å²) < 4.78 is 0. The maximum Gasteiger partial charge on any atom is 0.254 e. The molecule has 0 aromatic heterocycles. The van der Waals surface area contributed by atoms with Crippen molar-refractivity contribution in [2.75, 3.05) is 13.1 Å². The zero-order chi connectivity index (χ0) is 16.0. The van der Waals surface area contributed by atoms with E-state index in [1.165, 1.54) is 0 Å². The molecule has 0 aliphatic rings. The summed E-state index contributed by atoms with van der Waals surface area (Å²) in [6.07, 6.45) is 2.00. The lowest BCUT2D eigenvalue weighted by Crippen LogP contribution is -2.34. The van der Waals surface area contributed by atoms with Gasteiger partial charge in [-0.3, -0.25) is 4.79 Å². The van der Waals surface area contributed by atoms with Crippen molar-refractivity contribution in [2.45, 2.75) is 47.5 Å². The van der Waals surface area contributed by atoms with Crippen LogP contribution in [0.15, 0.2) is 18.2 Å². The molecular formula is C18H29NO2. The van der Waals surface area contributed by atoms with Crippen LogP contribution in [0.4, 0.5) is 0 Å².